The molecule has 2 N–H and O–H groups in total. The van der Waals surface area contributed by atoms with Crippen molar-refractivity contribution in [3.63, 3.8) is 0 Å². The van der Waals surface area contributed by atoms with Crippen LogP contribution in [0.25, 0.3) is 0 Å². The van der Waals surface area contributed by atoms with Crippen LogP contribution in [0.15, 0.2) is 18.2 Å². The molecule has 3 rings (SSSR count). The van der Waals surface area contributed by atoms with Crippen molar-refractivity contribution in [1.29, 1.82) is 0 Å². The third-order valence-electron chi connectivity index (χ3n) is 5.27. The number of benzene rings is 1. The summed E-state index contributed by atoms with van der Waals surface area (Å²) < 4.78 is 18.4. The van der Waals surface area contributed by atoms with Crippen LogP contribution in [0.3, 0.4) is 0 Å². The molecule has 134 valence electrons. The average Bonchev–Trinajstić information content (AvgIpc) is 2.57. The maximum Gasteiger partial charge on any atom is 0.123 e. The van der Waals surface area contributed by atoms with Crippen LogP contribution in [0.2, 0.25) is 0 Å². The summed E-state index contributed by atoms with van der Waals surface area (Å²) in [4.78, 5) is 2.31. The number of methoxy groups -OCH3 is 1. The molecular formula is C19H29FN2O2. The number of aryl methyl sites for hydroxylation is 1. The minimum Gasteiger partial charge on any atom is -0.389 e. The number of nitrogens with zero attached hydrogens (tertiary/aromatic N) is 1. The Morgan fingerprint density at radius 3 is 2.88 bits per heavy atom. The number of hydrogen-bond acceptors (Lipinski definition) is 4. The van der Waals surface area contributed by atoms with Gasteiger partial charge in [0.05, 0.1) is 12.7 Å². The molecule has 24 heavy (non-hydrogen) atoms. The second-order valence-corrected chi connectivity index (χ2v) is 7.14. The lowest BCUT2D eigenvalue weighted by molar-refractivity contribution is 0.0306. The van der Waals surface area contributed by atoms with Crippen LogP contribution in [0, 0.1) is 5.82 Å². The van der Waals surface area contributed by atoms with Gasteiger partial charge in [-0.1, -0.05) is 6.07 Å². The first-order valence-corrected chi connectivity index (χ1v) is 9.09. The minimum atomic E-state index is -0.403. The number of hydrogen-bond donors (Lipinski definition) is 2. The number of fused-ring (bicyclic) bond motifs is 1. The highest BCUT2D eigenvalue weighted by Crippen LogP contribution is 2.31. The van der Waals surface area contributed by atoms with Gasteiger partial charge >= 0.3 is 0 Å². The van der Waals surface area contributed by atoms with Crippen molar-refractivity contribution < 1.29 is 14.2 Å². The molecule has 0 unspecified atom stereocenters. The highest BCUT2D eigenvalue weighted by Gasteiger charge is 2.26. The molecule has 1 fully saturated rings. The number of aliphatic hydroxyl groups excluding tert-OH is 1. The summed E-state index contributed by atoms with van der Waals surface area (Å²) in [6.45, 7) is 3.09. The fraction of sp³-hybridized carbons (Fsp3) is 0.684. The van der Waals surface area contributed by atoms with Gasteiger partial charge in [0.2, 0.25) is 0 Å². The lowest BCUT2D eigenvalue weighted by Gasteiger charge is -2.36. The second-order valence-electron chi connectivity index (χ2n) is 7.14. The minimum absolute atomic E-state index is 0.127. The Morgan fingerprint density at radius 2 is 2.12 bits per heavy atom. The van der Waals surface area contributed by atoms with E-state index in [0.29, 0.717) is 25.2 Å². The fourth-order valence-electron chi connectivity index (χ4n) is 4.07. The summed E-state index contributed by atoms with van der Waals surface area (Å²) in [7, 11) is 1.62. The standard InChI is InChI=1S/C19H29FN2O2/c1-24-13-17(23)12-22-9-7-16(8-10-22)21-19-4-2-3-14-11-15(20)5-6-18(14)19/h5-6,11,16-17,19,21,23H,2-4,7-10,12-13H2,1H3/t17-,19+/m0/s1. The van der Waals surface area contributed by atoms with Gasteiger partial charge in [0.1, 0.15) is 5.82 Å². The Labute approximate surface area is 144 Å². The zero-order chi connectivity index (χ0) is 16.9. The molecule has 0 aromatic heterocycles. The maximum absolute atomic E-state index is 13.4. The molecule has 2 atom stereocenters. The van der Waals surface area contributed by atoms with E-state index < -0.39 is 6.10 Å². The SMILES string of the molecule is COC[C@@H](O)CN1CCC(N[C@@H]2CCCc3cc(F)ccc32)CC1. The van der Waals surface area contributed by atoms with E-state index in [1.54, 1.807) is 19.2 Å². The Kier molecular flexibility index (Phi) is 6.22. The molecule has 0 amide bonds. The van der Waals surface area contributed by atoms with Crippen molar-refractivity contribution >= 4 is 0 Å². The third kappa shape index (κ3) is 4.54. The van der Waals surface area contributed by atoms with Crippen molar-refractivity contribution in [3.8, 4) is 0 Å². The Morgan fingerprint density at radius 1 is 1.33 bits per heavy atom. The molecule has 0 radical (unpaired) electrons. The average molecular weight is 336 g/mol. The lowest BCUT2D eigenvalue weighted by Crippen LogP contribution is -2.46. The van der Waals surface area contributed by atoms with Crippen molar-refractivity contribution in [2.75, 3.05) is 33.4 Å². The fourth-order valence-corrected chi connectivity index (χ4v) is 4.07. The van der Waals surface area contributed by atoms with Crippen LogP contribution in [0.1, 0.15) is 42.9 Å². The van der Waals surface area contributed by atoms with Gasteiger partial charge in [0.15, 0.2) is 0 Å². The van der Waals surface area contributed by atoms with Crippen molar-refractivity contribution in [2.45, 2.75) is 50.3 Å². The Bertz CT molecular complexity index is 532. The molecule has 1 saturated heterocycles. The number of likely N-dealkylation sites (tertiary alicyclic amines) is 1. The largest absolute Gasteiger partial charge is 0.389 e. The van der Waals surface area contributed by atoms with Crippen molar-refractivity contribution in [2.24, 2.45) is 0 Å². The summed E-state index contributed by atoms with van der Waals surface area (Å²) in [5.41, 5.74) is 2.44. The van der Waals surface area contributed by atoms with E-state index >= 15 is 0 Å². The molecule has 1 aromatic carbocycles. The van der Waals surface area contributed by atoms with E-state index in [-0.39, 0.29) is 5.82 Å². The smallest absolute Gasteiger partial charge is 0.123 e. The van der Waals surface area contributed by atoms with Gasteiger partial charge < -0.3 is 20.1 Å². The molecule has 0 spiro atoms. The third-order valence-corrected chi connectivity index (χ3v) is 5.27. The van der Waals surface area contributed by atoms with Crippen LogP contribution in [0.4, 0.5) is 4.39 Å². The molecule has 0 bridgehead atoms. The van der Waals surface area contributed by atoms with E-state index in [4.69, 9.17) is 4.74 Å². The first-order chi connectivity index (χ1) is 11.7. The van der Waals surface area contributed by atoms with Crippen molar-refractivity contribution in [3.05, 3.63) is 35.1 Å². The van der Waals surface area contributed by atoms with Crippen LogP contribution in [0.5, 0.6) is 0 Å². The topological polar surface area (TPSA) is 44.7 Å². The summed E-state index contributed by atoms with van der Waals surface area (Å²) in [6.07, 6.45) is 5.02. The normalized spacial score (nSPS) is 23.9. The summed E-state index contributed by atoms with van der Waals surface area (Å²) in [5.74, 6) is -0.127. The molecular weight excluding hydrogens is 307 g/mol. The van der Waals surface area contributed by atoms with Gasteiger partial charge in [0.25, 0.3) is 0 Å². The van der Waals surface area contributed by atoms with E-state index in [1.807, 2.05) is 6.07 Å². The number of aliphatic hydroxyl groups is 1. The molecule has 5 heteroatoms. The van der Waals surface area contributed by atoms with Gasteiger partial charge in [-0.15, -0.1) is 0 Å². The van der Waals surface area contributed by atoms with Gasteiger partial charge in [-0.25, -0.2) is 4.39 Å². The number of ether oxygens (including phenoxy) is 1. The quantitative estimate of drug-likeness (QED) is 0.836. The molecule has 1 aliphatic heterocycles. The summed E-state index contributed by atoms with van der Waals surface area (Å²) in [5, 5.41) is 13.6. The number of nitrogens with one attached hydrogen (secondary N) is 1. The van der Waals surface area contributed by atoms with Crippen LogP contribution in [-0.2, 0) is 11.2 Å². The first kappa shape index (κ1) is 17.8. The van der Waals surface area contributed by atoms with E-state index in [2.05, 4.69) is 10.2 Å². The van der Waals surface area contributed by atoms with Gasteiger partial charge in [-0.3, -0.25) is 0 Å². The second kappa shape index (κ2) is 8.39. The van der Waals surface area contributed by atoms with Crippen LogP contribution in [-0.4, -0.2) is 55.5 Å². The van der Waals surface area contributed by atoms with E-state index in [0.717, 1.165) is 45.2 Å². The molecule has 2 aliphatic rings. The maximum atomic E-state index is 13.4. The zero-order valence-corrected chi connectivity index (χ0v) is 14.5. The number of β-amino-alcohol motifs (C(OH)–C–C–N with tert-alkyl or cyclic N) is 1. The number of rotatable bonds is 6. The van der Waals surface area contributed by atoms with E-state index in [9.17, 15) is 9.50 Å². The van der Waals surface area contributed by atoms with Crippen LogP contribution < -0.4 is 5.32 Å². The van der Waals surface area contributed by atoms with Gasteiger partial charge in [-0.2, -0.15) is 0 Å². The Hall–Kier alpha value is -1.01. The molecule has 1 heterocycles. The Balaban J connectivity index is 1.50. The number of piperidine rings is 1. The first-order valence-electron chi connectivity index (χ1n) is 9.09. The van der Waals surface area contributed by atoms with Gasteiger partial charge in [-0.05, 0) is 68.5 Å². The summed E-state index contributed by atoms with van der Waals surface area (Å²) >= 11 is 0. The van der Waals surface area contributed by atoms with Crippen molar-refractivity contribution in [1.82, 2.24) is 10.2 Å². The zero-order valence-electron chi connectivity index (χ0n) is 14.5. The monoisotopic (exact) mass is 336 g/mol. The predicted octanol–water partition coefficient (Wildman–Crippen LogP) is 2.26. The summed E-state index contributed by atoms with van der Waals surface area (Å²) in [6, 6.07) is 6.09. The van der Waals surface area contributed by atoms with Gasteiger partial charge in [0, 0.05) is 25.7 Å². The highest BCUT2D eigenvalue weighted by atomic mass is 19.1. The van der Waals surface area contributed by atoms with E-state index in [1.165, 1.54) is 11.1 Å². The highest BCUT2D eigenvalue weighted by molar-refractivity contribution is 5.33. The molecule has 1 aliphatic carbocycles. The number of halogens is 1. The lowest BCUT2D eigenvalue weighted by atomic mass is 9.86. The molecule has 0 saturated carbocycles. The molecule has 4 nitrogen and oxygen atoms in total. The van der Waals surface area contributed by atoms with Crippen LogP contribution >= 0.6 is 0 Å². The molecule has 1 aromatic rings. The predicted molar refractivity (Wildman–Crippen MR) is 92.6 cm³/mol.